The van der Waals surface area contributed by atoms with Crippen molar-refractivity contribution in [1.82, 2.24) is 10.6 Å². The third kappa shape index (κ3) is 4.71. The van der Waals surface area contributed by atoms with Crippen molar-refractivity contribution in [3.63, 3.8) is 0 Å². The smallest absolute Gasteiger partial charge is 0.315 e. The highest BCUT2D eigenvalue weighted by molar-refractivity contribution is 5.74. The van der Waals surface area contributed by atoms with Crippen LogP contribution in [0.3, 0.4) is 0 Å². The minimum absolute atomic E-state index is 0.0423. The van der Waals surface area contributed by atoms with Gasteiger partial charge in [0.1, 0.15) is 0 Å². The summed E-state index contributed by atoms with van der Waals surface area (Å²) in [6, 6.07) is 8.12. The molecule has 0 radical (unpaired) electrons. The van der Waals surface area contributed by atoms with Crippen LogP contribution in [0.2, 0.25) is 0 Å². The summed E-state index contributed by atoms with van der Waals surface area (Å²) in [4.78, 5) is 12.1. The number of aliphatic hydroxyl groups excluding tert-OH is 1. The molecule has 24 heavy (non-hydrogen) atoms. The van der Waals surface area contributed by atoms with E-state index in [4.69, 9.17) is 4.74 Å². The Labute approximate surface area is 143 Å². The van der Waals surface area contributed by atoms with Gasteiger partial charge in [-0.05, 0) is 48.6 Å². The van der Waals surface area contributed by atoms with Gasteiger partial charge in [-0.2, -0.15) is 0 Å². The first-order valence-corrected chi connectivity index (χ1v) is 9.02. The van der Waals surface area contributed by atoms with Gasteiger partial charge in [0.05, 0.1) is 18.8 Å². The van der Waals surface area contributed by atoms with E-state index in [1.54, 1.807) is 0 Å². The largest absolute Gasteiger partial charge is 0.389 e. The molecule has 3 unspecified atom stereocenters. The van der Waals surface area contributed by atoms with Crippen LogP contribution in [0.5, 0.6) is 0 Å². The molecular weight excluding hydrogens is 304 g/mol. The number of rotatable bonds is 7. The first-order valence-electron chi connectivity index (χ1n) is 9.02. The van der Waals surface area contributed by atoms with E-state index < -0.39 is 6.10 Å². The highest BCUT2D eigenvalue weighted by atomic mass is 16.5. The maximum absolute atomic E-state index is 12.1. The number of carbonyl (C=O) groups excluding carboxylic acids is 1. The van der Waals surface area contributed by atoms with E-state index >= 15 is 0 Å². The predicted molar refractivity (Wildman–Crippen MR) is 92.9 cm³/mol. The number of fused-ring (bicyclic) bond motifs is 1. The highest BCUT2D eigenvalue weighted by Gasteiger charge is 2.25. The molecule has 2 aliphatic carbocycles. The zero-order valence-corrected chi connectivity index (χ0v) is 14.3. The zero-order valence-electron chi connectivity index (χ0n) is 14.3. The molecule has 0 aliphatic heterocycles. The van der Waals surface area contributed by atoms with Crippen molar-refractivity contribution >= 4 is 6.03 Å². The minimum Gasteiger partial charge on any atom is -0.389 e. The Bertz CT molecular complexity index is 559. The van der Waals surface area contributed by atoms with Crippen molar-refractivity contribution in [3.8, 4) is 0 Å². The molecule has 2 aliphatic rings. The number of nitrogens with one attached hydrogen (secondary N) is 2. The molecule has 1 aromatic rings. The third-order valence-electron chi connectivity index (χ3n) is 4.95. The summed E-state index contributed by atoms with van der Waals surface area (Å²) in [5.41, 5.74) is 2.53. The molecule has 132 valence electrons. The molecule has 0 spiro atoms. The van der Waals surface area contributed by atoms with Gasteiger partial charge in [0.25, 0.3) is 0 Å². The molecule has 0 heterocycles. The second kappa shape index (κ2) is 7.99. The van der Waals surface area contributed by atoms with E-state index in [1.807, 2.05) is 6.07 Å². The van der Waals surface area contributed by atoms with Crippen molar-refractivity contribution in [2.24, 2.45) is 5.92 Å². The molecule has 3 atom stereocenters. The van der Waals surface area contributed by atoms with Gasteiger partial charge < -0.3 is 20.5 Å². The summed E-state index contributed by atoms with van der Waals surface area (Å²) in [5.74, 6) is 1.22. The van der Waals surface area contributed by atoms with Gasteiger partial charge in [-0.1, -0.05) is 31.2 Å². The Hall–Kier alpha value is -1.59. The van der Waals surface area contributed by atoms with Crippen LogP contribution >= 0.6 is 0 Å². The summed E-state index contributed by atoms with van der Waals surface area (Å²) in [5, 5.41) is 15.6. The quantitative estimate of drug-likeness (QED) is 0.719. The van der Waals surface area contributed by atoms with Gasteiger partial charge in [0.15, 0.2) is 0 Å². The Morgan fingerprint density at radius 2 is 2.00 bits per heavy atom. The normalized spacial score (nSPS) is 24.1. The van der Waals surface area contributed by atoms with Gasteiger partial charge in [-0.25, -0.2) is 4.79 Å². The summed E-state index contributed by atoms with van der Waals surface area (Å²) in [6.45, 7) is 3.44. The topological polar surface area (TPSA) is 70.6 Å². The predicted octanol–water partition coefficient (Wildman–Crippen LogP) is 2.71. The average Bonchev–Trinajstić information content (AvgIpc) is 3.40. The molecule has 1 saturated carbocycles. The van der Waals surface area contributed by atoms with E-state index in [0.717, 1.165) is 19.4 Å². The lowest BCUT2D eigenvalue weighted by molar-refractivity contribution is 0.0337. The Kier molecular flexibility index (Phi) is 5.74. The molecular formula is C19H28N2O3. The fourth-order valence-electron chi connectivity index (χ4n) is 3.29. The molecule has 0 saturated heterocycles. The number of hydrogen-bond donors (Lipinski definition) is 3. The summed E-state index contributed by atoms with van der Waals surface area (Å²) in [7, 11) is 0. The Morgan fingerprint density at radius 3 is 2.75 bits per heavy atom. The maximum Gasteiger partial charge on any atom is 0.315 e. The van der Waals surface area contributed by atoms with Crippen molar-refractivity contribution < 1.29 is 14.6 Å². The van der Waals surface area contributed by atoms with Crippen LogP contribution in [0.4, 0.5) is 4.79 Å². The van der Waals surface area contributed by atoms with Crippen molar-refractivity contribution in [1.29, 1.82) is 0 Å². The van der Waals surface area contributed by atoms with Gasteiger partial charge in [-0.3, -0.25) is 0 Å². The number of benzene rings is 1. The standard InChI is InChI=1S/C19H28N2O3/c1-13-6-9-18(17-5-3-2-4-16(13)17)21-19(23)20-10-15(22)12-24-11-14-7-8-14/h2-5,13-15,18,22H,6-12H2,1H3,(H2,20,21,23). The number of urea groups is 1. The van der Waals surface area contributed by atoms with Crippen LogP contribution in [0.15, 0.2) is 24.3 Å². The van der Waals surface area contributed by atoms with Gasteiger partial charge in [-0.15, -0.1) is 0 Å². The summed E-state index contributed by atoms with van der Waals surface area (Å²) < 4.78 is 5.44. The maximum atomic E-state index is 12.1. The highest BCUT2D eigenvalue weighted by Crippen LogP contribution is 2.36. The van der Waals surface area contributed by atoms with Crippen LogP contribution in [-0.2, 0) is 4.74 Å². The summed E-state index contributed by atoms with van der Waals surface area (Å²) >= 11 is 0. The number of ether oxygens (including phenoxy) is 1. The van der Waals surface area contributed by atoms with E-state index in [-0.39, 0.29) is 25.2 Å². The molecule has 3 rings (SSSR count). The van der Waals surface area contributed by atoms with E-state index in [2.05, 4.69) is 35.8 Å². The second-order valence-corrected chi connectivity index (χ2v) is 7.15. The van der Waals surface area contributed by atoms with Gasteiger partial charge >= 0.3 is 6.03 Å². The molecule has 0 aromatic heterocycles. The van der Waals surface area contributed by atoms with Gasteiger partial charge in [0, 0.05) is 13.2 Å². The number of hydrogen-bond acceptors (Lipinski definition) is 3. The van der Waals surface area contributed by atoms with Crippen molar-refractivity contribution in [2.45, 2.75) is 50.7 Å². The lowest BCUT2D eigenvalue weighted by Crippen LogP contribution is -2.43. The second-order valence-electron chi connectivity index (χ2n) is 7.15. The minimum atomic E-state index is -0.659. The Balaban J connectivity index is 1.42. The van der Waals surface area contributed by atoms with E-state index in [1.165, 1.54) is 24.0 Å². The van der Waals surface area contributed by atoms with Crippen LogP contribution in [-0.4, -0.2) is 37.0 Å². The number of amides is 2. The lowest BCUT2D eigenvalue weighted by atomic mass is 9.81. The molecule has 3 N–H and O–H groups in total. The molecule has 2 amide bonds. The molecule has 5 heteroatoms. The summed E-state index contributed by atoms with van der Waals surface area (Å²) in [6.07, 6.45) is 3.82. The monoisotopic (exact) mass is 332 g/mol. The molecule has 1 aromatic carbocycles. The van der Waals surface area contributed by atoms with Gasteiger partial charge in [0.2, 0.25) is 0 Å². The first kappa shape index (κ1) is 17.2. The molecule has 0 bridgehead atoms. The fourth-order valence-corrected chi connectivity index (χ4v) is 3.29. The molecule has 5 nitrogen and oxygen atoms in total. The SMILES string of the molecule is CC1CCC(NC(=O)NCC(O)COCC2CC2)c2ccccc21. The first-order chi connectivity index (χ1) is 11.6. The number of carbonyl (C=O) groups is 1. The van der Waals surface area contributed by atoms with Crippen molar-refractivity contribution in [3.05, 3.63) is 35.4 Å². The van der Waals surface area contributed by atoms with Crippen LogP contribution < -0.4 is 10.6 Å². The van der Waals surface area contributed by atoms with Crippen LogP contribution in [0.1, 0.15) is 55.7 Å². The van der Waals surface area contributed by atoms with E-state index in [0.29, 0.717) is 11.8 Å². The Morgan fingerprint density at radius 1 is 1.25 bits per heavy atom. The molecule has 1 fully saturated rings. The van der Waals surface area contributed by atoms with Crippen LogP contribution in [0.25, 0.3) is 0 Å². The lowest BCUT2D eigenvalue weighted by Gasteiger charge is -2.30. The third-order valence-corrected chi connectivity index (χ3v) is 4.95. The average molecular weight is 332 g/mol. The van der Waals surface area contributed by atoms with Crippen LogP contribution in [0, 0.1) is 5.92 Å². The fraction of sp³-hybridized carbons (Fsp3) is 0.632. The number of aliphatic hydroxyl groups is 1. The van der Waals surface area contributed by atoms with Crippen molar-refractivity contribution in [2.75, 3.05) is 19.8 Å². The zero-order chi connectivity index (χ0) is 16.9. The van der Waals surface area contributed by atoms with E-state index in [9.17, 15) is 9.90 Å².